The minimum atomic E-state index is -0.146. The van der Waals surface area contributed by atoms with Crippen LogP contribution in [0, 0.1) is 6.92 Å². The largest absolute Gasteiger partial charge is 0.493 e. The maximum absolute atomic E-state index is 12.4. The fraction of sp³-hybridized carbons (Fsp3) is 0.136. The van der Waals surface area contributed by atoms with Crippen LogP contribution in [0.2, 0.25) is 0 Å². The molecular formula is C22H20BrNO2. The molecule has 26 heavy (non-hydrogen) atoms. The molecule has 0 bridgehead atoms. The van der Waals surface area contributed by atoms with Crippen molar-refractivity contribution < 1.29 is 9.53 Å². The highest BCUT2D eigenvalue weighted by Crippen LogP contribution is 2.21. The van der Waals surface area contributed by atoms with E-state index < -0.39 is 0 Å². The summed E-state index contributed by atoms with van der Waals surface area (Å²) >= 11 is 3.46. The first-order valence-corrected chi connectivity index (χ1v) is 9.25. The third-order valence-electron chi connectivity index (χ3n) is 4.03. The van der Waals surface area contributed by atoms with Crippen molar-refractivity contribution in [1.29, 1.82) is 0 Å². The molecule has 0 radical (unpaired) electrons. The van der Waals surface area contributed by atoms with E-state index in [0.29, 0.717) is 17.9 Å². The van der Waals surface area contributed by atoms with Crippen LogP contribution >= 0.6 is 15.9 Å². The van der Waals surface area contributed by atoms with E-state index in [2.05, 4.69) is 33.4 Å². The normalized spacial score (nSPS) is 10.4. The van der Waals surface area contributed by atoms with Crippen LogP contribution in [0.4, 0.5) is 5.69 Å². The Morgan fingerprint density at radius 2 is 1.81 bits per heavy atom. The van der Waals surface area contributed by atoms with Gasteiger partial charge >= 0.3 is 0 Å². The second kappa shape index (κ2) is 8.68. The number of rotatable bonds is 6. The van der Waals surface area contributed by atoms with Crippen LogP contribution in [0.25, 0.3) is 0 Å². The number of aryl methyl sites for hydroxylation is 1. The van der Waals surface area contributed by atoms with Crippen molar-refractivity contribution in [2.45, 2.75) is 13.3 Å². The first-order valence-electron chi connectivity index (χ1n) is 8.46. The molecule has 1 amide bonds. The van der Waals surface area contributed by atoms with Gasteiger partial charge in [-0.3, -0.25) is 4.79 Å². The van der Waals surface area contributed by atoms with Gasteiger partial charge in [0.25, 0.3) is 5.91 Å². The van der Waals surface area contributed by atoms with Gasteiger partial charge in [0.1, 0.15) is 5.75 Å². The van der Waals surface area contributed by atoms with Crippen LogP contribution in [0.1, 0.15) is 21.5 Å². The third-order valence-corrected chi connectivity index (χ3v) is 4.88. The molecule has 3 rings (SSSR count). The number of ether oxygens (including phenoxy) is 1. The Balaban J connectivity index is 1.59. The summed E-state index contributed by atoms with van der Waals surface area (Å²) in [5.41, 5.74) is 3.65. The van der Waals surface area contributed by atoms with Crippen LogP contribution in [0.5, 0.6) is 5.75 Å². The SMILES string of the molecule is Cc1ccc(C(=O)Nc2cccc(OCCc3ccccc3)c2)cc1Br. The van der Waals surface area contributed by atoms with Gasteiger partial charge in [0, 0.05) is 28.2 Å². The Morgan fingerprint density at radius 1 is 1.00 bits per heavy atom. The number of halogens is 1. The molecule has 3 aromatic rings. The number of nitrogens with one attached hydrogen (secondary N) is 1. The predicted molar refractivity (Wildman–Crippen MR) is 109 cm³/mol. The van der Waals surface area contributed by atoms with Crippen molar-refractivity contribution in [1.82, 2.24) is 0 Å². The maximum Gasteiger partial charge on any atom is 0.255 e. The van der Waals surface area contributed by atoms with E-state index in [-0.39, 0.29) is 5.91 Å². The van der Waals surface area contributed by atoms with Gasteiger partial charge in [-0.1, -0.05) is 58.4 Å². The van der Waals surface area contributed by atoms with Gasteiger partial charge in [-0.15, -0.1) is 0 Å². The Hall–Kier alpha value is -2.59. The number of anilines is 1. The zero-order valence-corrected chi connectivity index (χ0v) is 16.1. The summed E-state index contributed by atoms with van der Waals surface area (Å²) in [6.45, 7) is 2.58. The number of hydrogen-bond donors (Lipinski definition) is 1. The average Bonchev–Trinajstić information content (AvgIpc) is 2.65. The maximum atomic E-state index is 12.4. The smallest absolute Gasteiger partial charge is 0.255 e. The Kier molecular flexibility index (Phi) is 6.08. The summed E-state index contributed by atoms with van der Waals surface area (Å²) in [5, 5.41) is 2.91. The molecule has 0 spiro atoms. The quantitative estimate of drug-likeness (QED) is 0.572. The number of amides is 1. The molecular weight excluding hydrogens is 390 g/mol. The molecule has 0 aliphatic rings. The van der Waals surface area contributed by atoms with Gasteiger partial charge in [0.2, 0.25) is 0 Å². The topological polar surface area (TPSA) is 38.3 Å². The monoisotopic (exact) mass is 409 g/mol. The molecule has 0 atom stereocenters. The number of carbonyl (C=O) groups excluding carboxylic acids is 1. The fourth-order valence-electron chi connectivity index (χ4n) is 2.53. The molecule has 0 fully saturated rings. The van der Waals surface area contributed by atoms with Crippen molar-refractivity contribution in [2.24, 2.45) is 0 Å². The molecule has 0 unspecified atom stereocenters. The number of carbonyl (C=O) groups is 1. The van der Waals surface area contributed by atoms with Crippen molar-refractivity contribution in [2.75, 3.05) is 11.9 Å². The van der Waals surface area contributed by atoms with E-state index in [1.807, 2.05) is 67.6 Å². The zero-order valence-electron chi connectivity index (χ0n) is 14.5. The molecule has 4 heteroatoms. The summed E-state index contributed by atoms with van der Waals surface area (Å²) in [4.78, 5) is 12.4. The van der Waals surface area contributed by atoms with Gasteiger partial charge < -0.3 is 10.1 Å². The molecule has 0 heterocycles. The Bertz CT molecular complexity index is 894. The molecule has 0 aliphatic carbocycles. The third kappa shape index (κ3) is 4.96. The van der Waals surface area contributed by atoms with Crippen LogP contribution in [-0.2, 0) is 6.42 Å². The average molecular weight is 410 g/mol. The van der Waals surface area contributed by atoms with Gasteiger partial charge in [-0.25, -0.2) is 0 Å². The molecule has 1 N–H and O–H groups in total. The molecule has 0 aliphatic heterocycles. The van der Waals surface area contributed by atoms with Crippen molar-refractivity contribution in [3.05, 3.63) is 94.0 Å². The molecule has 0 saturated carbocycles. The standard InChI is InChI=1S/C22H20BrNO2/c1-16-10-11-18(14-21(16)23)22(25)24-19-8-5-9-20(15-19)26-13-12-17-6-3-2-4-7-17/h2-11,14-15H,12-13H2,1H3,(H,24,25). The van der Waals surface area contributed by atoms with Crippen LogP contribution < -0.4 is 10.1 Å². The number of hydrogen-bond acceptors (Lipinski definition) is 2. The lowest BCUT2D eigenvalue weighted by atomic mass is 10.1. The molecule has 3 aromatic carbocycles. The molecule has 132 valence electrons. The minimum absolute atomic E-state index is 0.146. The summed E-state index contributed by atoms with van der Waals surface area (Å²) in [6, 6.07) is 23.2. The first-order chi connectivity index (χ1) is 12.6. The van der Waals surface area contributed by atoms with E-state index in [4.69, 9.17) is 4.74 Å². The highest BCUT2D eigenvalue weighted by Gasteiger charge is 2.08. The summed E-state index contributed by atoms with van der Waals surface area (Å²) in [6.07, 6.45) is 0.842. The molecule has 0 aromatic heterocycles. The lowest BCUT2D eigenvalue weighted by Gasteiger charge is -2.10. The van der Waals surface area contributed by atoms with Crippen LogP contribution in [0.3, 0.4) is 0 Å². The van der Waals surface area contributed by atoms with Gasteiger partial charge in [0.05, 0.1) is 6.61 Å². The van der Waals surface area contributed by atoms with E-state index >= 15 is 0 Å². The number of benzene rings is 3. The van der Waals surface area contributed by atoms with E-state index in [1.54, 1.807) is 0 Å². The molecule has 0 saturated heterocycles. The van der Waals surface area contributed by atoms with Crippen LogP contribution in [0.15, 0.2) is 77.3 Å². The van der Waals surface area contributed by atoms with Gasteiger partial charge in [-0.05, 0) is 42.3 Å². The second-order valence-electron chi connectivity index (χ2n) is 6.03. The van der Waals surface area contributed by atoms with Gasteiger partial charge in [0.15, 0.2) is 0 Å². The summed E-state index contributed by atoms with van der Waals surface area (Å²) in [7, 11) is 0. The van der Waals surface area contributed by atoms with Gasteiger partial charge in [-0.2, -0.15) is 0 Å². The van der Waals surface area contributed by atoms with Crippen LogP contribution in [-0.4, -0.2) is 12.5 Å². The van der Waals surface area contributed by atoms with E-state index in [9.17, 15) is 4.79 Å². The van der Waals surface area contributed by atoms with Crippen molar-refractivity contribution >= 4 is 27.5 Å². The van der Waals surface area contributed by atoms with E-state index in [1.165, 1.54) is 5.56 Å². The lowest BCUT2D eigenvalue weighted by molar-refractivity contribution is 0.102. The van der Waals surface area contributed by atoms with Crippen molar-refractivity contribution in [3.8, 4) is 5.75 Å². The highest BCUT2D eigenvalue weighted by molar-refractivity contribution is 9.10. The second-order valence-corrected chi connectivity index (χ2v) is 6.88. The molecule has 3 nitrogen and oxygen atoms in total. The minimum Gasteiger partial charge on any atom is -0.493 e. The highest BCUT2D eigenvalue weighted by atomic mass is 79.9. The Labute approximate surface area is 162 Å². The summed E-state index contributed by atoms with van der Waals surface area (Å²) < 4.78 is 6.73. The predicted octanol–water partition coefficient (Wildman–Crippen LogP) is 5.63. The van der Waals surface area contributed by atoms with E-state index in [0.717, 1.165) is 22.2 Å². The summed E-state index contributed by atoms with van der Waals surface area (Å²) in [5.74, 6) is 0.593. The first kappa shape index (κ1) is 18.2. The Morgan fingerprint density at radius 3 is 2.58 bits per heavy atom. The lowest BCUT2D eigenvalue weighted by Crippen LogP contribution is -2.12. The fourth-order valence-corrected chi connectivity index (χ4v) is 2.91. The van der Waals surface area contributed by atoms with Crippen molar-refractivity contribution in [3.63, 3.8) is 0 Å². The zero-order chi connectivity index (χ0) is 18.4.